The Labute approximate surface area is 101 Å². The monoisotopic (exact) mass is 234 g/mol. The Bertz CT molecular complexity index is 407. The average molecular weight is 234 g/mol. The molecule has 92 valence electrons. The maximum atomic E-state index is 11.9. The largest absolute Gasteiger partial charge is 0.350 e. The molecule has 0 radical (unpaired) electrons. The van der Waals surface area contributed by atoms with Crippen LogP contribution in [-0.4, -0.2) is 21.7 Å². The molecule has 0 spiro atoms. The molecule has 17 heavy (non-hydrogen) atoms. The summed E-state index contributed by atoms with van der Waals surface area (Å²) in [7, 11) is 0. The Hall–Kier alpha value is -1.83. The van der Waals surface area contributed by atoms with E-state index in [2.05, 4.69) is 16.5 Å². The lowest BCUT2D eigenvalue weighted by atomic mass is 9.88. The van der Waals surface area contributed by atoms with E-state index in [1.165, 1.54) is 0 Å². The topological polar surface area (TPSA) is 70.7 Å². The number of amides is 1. The summed E-state index contributed by atoms with van der Waals surface area (Å²) < 4.78 is 1.75. The maximum Gasteiger partial charge on any atom is 0.240 e. The van der Waals surface area contributed by atoms with Crippen molar-refractivity contribution in [1.82, 2.24) is 15.1 Å². The first-order valence-corrected chi connectivity index (χ1v) is 5.71. The van der Waals surface area contributed by atoms with Crippen LogP contribution in [0.2, 0.25) is 0 Å². The maximum absolute atomic E-state index is 11.9. The SMILES string of the molecule is CCC(C)(C#N)C(=O)NC(C)Cn1cccn1. The minimum atomic E-state index is -0.946. The van der Waals surface area contributed by atoms with E-state index in [-0.39, 0.29) is 11.9 Å². The molecular weight excluding hydrogens is 216 g/mol. The molecule has 0 aliphatic carbocycles. The van der Waals surface area contributed by atoms with Crippen LogP contribution in [-0.2, 0) is 11.3 Å². The van der Waals surface area contributed by atoms with Crippen molar-refractivity contribution in [3.8, 4) is 6.07 Å². The first-order chi connectivity index (χ1) is 8.01. The minimum absolute atomic E-state index is 0.0541. The lowest BCUT2D eigenvalue weighted by Gasteiger charge is -2.22. The molecule has 5 heteroatoms. The van der Waals surface area contributed by atoms with Crippen LogP contribution in [0.5, 0.6) is 0 Å². The molecule has 0 aliphatic rings. The number of hydrogen-bond donors (Lipinski definition) is 1. The first kappa shape index (κ1) is 13.2. The molecule has 5 nitrogen and oxygen atoms in total. The Kier molecular flexibility index (Phi) is 4.27. The Morgan fingerprint density at radius 1 is 1.71 bits per heavy atom. The van der Waals surface area contributed by atoms with Crippen molar-refractivity contribution in [2.24, 2.45) is 5.41 Å². The molecule has 0 bridgehead atoms. The number of rotatable bonds is 5. The average Bonchev–Trinajstić information content (AvgIpc) is 2.80. The van der Waals surface area contributed by atoms with Crippen LogP contribution in [0.25, 0.3) is 0 Å². The highest BCUT2D eigenvalue weighted by atomic mass is 16.2. The highest BCUT2D eigenvalue weighted by Crippen LogP contribution is 2.19. The van der Waals surface area contributed by atoms with Crippen molar-refractivity contribution in [2.45, 2.75) is 39.8 Å². The quantitative estimate of drug-likeness (QED) is 0.835. The third-order valence-corrected chi connectivity index (χ3v) is 2.85. The number of nitrogens with one attached hydrogen (secondary N) is 1. The van der Waals surface area contributed by atoms with Gasteiger partial charge in [0.05, 0.1) is 12.6 Å². The van der Waals surface area contributed by atoms with Crippen molar-refractivity contribution < 1.29 is 4.79 Å². The fraction of sp³-hybridized carbons (Fsp3) is 0.583. The van der Waals surface area contributed by atoms with E-state index < -0.39 is 5.41 Å². The zero-order valence-corrected chi connectivity index (χ0v) is 10.5. The summed E-state index contributed by atoms with van der Waals surface area (Å²) in [4.78, 5) is 11.9. The van der Waals surface area contributed by atoms with Crippen molar-refractivity contribution in [2.75, 3.05) is 0 Å². The molecule has 1 N–H and O–H groups in total. The number of nitriles is 1. The van der Waals surface area contributed by atoms with Crippen LogP contribution in [0.3, 0.4) is 0 Å². The molecule has 0 saturated heterocycles. The molecule has 0 saturated carbocycles. The van der Waals surface area contributed by atoms with Gasteiger partial charge in [-0.2, -0.15) is 10.4 Å². The van der Waals surface area contributed by atoms with Crippen molar-refractivity contribution in [3.05, 3.63) is 18.5 Å². The smallest absolute Gasteiger partial charge is 0.240 e. The van der Waals surface area contributed by atoms with E-state index in [1.807, 2.05) is 26.1 Å². The van der Waals surface area contributed by atoms with E-state index in [1.54, 1.807) is 17.8 Å². The standard InChI is InChI=1S/C12H18N4O/c1-4-12(3,9-13)11(17)15-10(2)8-16-7-5-6-14-16/h5-7,10H,4,8H2,1-3H3,(H,15,17). The highest BCUT2D eigenvalue weighted by molar-refractivity contribution is 5.85. The molecule has 0 aromatic carbocycles. The number of carbonyl (C=O) groups is 1. The highest BCUT2D eigenvalue weighted by Gasteiger charge is 2.31. The van der Waals surface area contributed by atoms with Gasteiger partial charge in [-0.1, -0.05) is 6.92 Å². The van der Waals surface area contributed by atoms with Gasteiger partial charge in [-0.15, -0.1) is 0 Å². The fourth-order valence-electron chi connectivity index (χ4n) is 1.41. The second-order valence-electron chi connectivity index (χ2n) is 4.40. The predicted octanol–water partition coefficient (Wildman–Crippen LogP) is 1.33. The Balaban J connectivity index is 2.54. The molecule has 1 aromatic rings. The minimum Gasteiger partial charge on any atom is -0.350 e. The van der Waals surface area contributed by atoms with Gasteiger partial charge in [0.1, 0.15) is 5.41 Å². The van der Waals surface area contributed by atoms with Crippen LogP contribution >= 0.6 is 0 Å². The summed E-state index contributed by atoms with van der Waals surface area (Å²) in [5.74, 6) is -0.220. The predicted molar refractivity (Wildman–Crippen MR) is 63.8 cm³/mol. The molecule has 0 fully saturated rings. The van der Waals surface area contributed by atoms with Gasteiger partial charge in [-0.3, -0.25) is 9.48 Å². The lowest BCUT2D eigenvalue weighted by molar-refractivity contribution is -0.128. The third-order valence-electron chi connectivity index (χ3n) is 2.85. The number of nitrogens with zero attached hydrogens (tertiary/aromatic N) is 3. The van der Waals surface area contributed by atoms with Gasteiger partial charge in [-0.25, -0.2) is 0 Å². The van der Waals surface area contributed by atoms with Crippen LogP contribution in [0, 0.1) is 16.7 Å². The van der Waals surface area contributed by atoms with Crippen LogP contribution in [0.15, 0.2) is 18.5 Å². The van der Waals surface area contributed by atoms with Crippen molar-refractivity contribution in [3.63, 3.8) is 0 Å². The molecule has 1 heterocycles. The van der Waals surface area contributed by atoms with Crippen LogP contribution < -0.4 is 5.32 Å². The van der Waals surface area contributed by atoms with Gasteiger partial charge < -0.3 is 5.32 Å². The molecule has 1 amide bonds. The van der Waals surface area contributed by atoms with E-state index in [9.17, 15) is 4.79 Å². The summed E-state index contributed by atoms with van der Waals surface area (Å²) in [5, 5.41) is 15.9. The molecule has 1 aromatic heterocycles. The molecule has 0 aliphatic heterocycles. The summed E-state index contributed by atoms with van der Waals surface area (Å²) in [5.41, 5.74) is -0.946. The summed E-state index contributed by atoms with van der Waals surface area (Å²) in [6, 6.07) is 3.84. The second kappa shape index (κ2) is 5.48. The van der Waals surface area contributed by atoms with Crippen molar-refractivity contribution in [1.29, 1.82) is 5.26 Å². The molecule has 2 atom stereocenters. The van der Waals surface area contributed by atoms with Gasteiger partial charge in [0.25, 0.3) is 0 Å². The lowest BCUT2D eigenvalue weighted by Crippen LogP contribution is -2.43. The van der Waals surface area contributed by atoms with Crippen LogP contribution in [0.4, 0.5) is 0 Å². The molecule has 2 unspecified atom stereocenters. The number of carbonyl (C=O) groups excluding carboxylic acids is 1. The third kappa shape index (κ3) is 3.31. The zero-order chi connectivity index (χ0) is 12.9. The van der Waals surface area contributed by atoms with Gasteiger partial charge in [0.15, 0.2) is 0 Å². The number of hydrogen-bond acceptors (Lipinski definition) is 3. The Morgan fingerprint density at radius 2 is 2.41 bits per heavy atom. The van der Waals surface area contributed by atoms with Crippen LogP contribution in [0.1, 0.15) is 27.2 Å². The molecule has 1 rings (SSSR count). The summed E-state index contributed by atoms with van der Waals surface area (Å²) in [6.45, 7) is 5.99. The van der Waals surface area contributed by atoms with Gasteiger partial charge in [-0.05, 0) is 26.3 Å². The van der Waals surface area contributed by atoms with Crippen molar-refractivity contribution >= 4 is 5.91 Å². The summed E-state index contributed by atoms with van der Waals surface area (Å²) in [6.07, 6.45) is 4.04. The van der Waals surface area contributed by atoms with Gasteiger partial charge in [0, 0.05) is 18.4 Å². The number of aromatic nitrogens is 2. The first-order valence-electron chi connectivity index (χ1n) is 5.71. The Morgan fingerprint density at radius 3 is 2.88 bits per heavy atom. The van der Waals surface area contributed by atoms with E-state index >= 15 is 0 Å². The van der Waals surface area contributed by atoms with Gasteiger partial charge >= 0.3 is 0 Å². The normalized spacial score (nSPS) is 15.6. The van der Waals surface area contributed by atoms with E-state index in [0.717, 1.165) is 0 Å². The fourth-order valence-corrected chi connectivity index (χ4v) is 1.41. The van der Waals surface area contributed by atoms with Gasteiger partial charge in [0.2, 0.25) is 5.91 Å². The second-order valence-corrected chi connectivity index (χ2v) is 4.40. The zero-order valence-electron chi connectivity index (χ0n) is 10.5. The summed E-state index contributed by atoms with van der Waals surface area (Å²) >= 11 is 0. The van der Waals surface area contributed by atoms with E-state index in [4.69, 9.17) is 5.26 Å². The van der Waals surface area contributed by atoms with E-state index in [0.29, 0.717) is 13.0 Å². The molecular formula is C12H18N4O.